The van der Waals surface area contributed by atoms with E-state index in [0.717, 1.165) is 12.2 Å². The van der Waals surface area contributed by atoms with Crippen molar-refractivity contribution in [1.29, 1.82) is 0 Å². The number of hydrogen-bond donors (Lipinski definition) is 2. The first-order valence-electron chi connectivity index (χ1n) is 8.94. The van der Waals surface area contributed by atoms with E-state index in [9.17, 15) is 9.59 Å². The van der Waals surface area contributed by atoms with Crippen LogP contribution in [-0.2, 0) is 4.79 Å². The first-order valence-corrected chi connectivity index (χ1v) is 8.94. The molecule has 2 N–H and O–H groups in total. The fraction of sp³-hybridized carbons (Fsp3) is 0.333. The summed E-state index contributed by atoms with van der Waals surface area (Å²) in [7, 11) is 0. The van der Waals surface area contributed by atoms with Crippen LogP contribution in [-0.4, -0.2) is 24.5 Å². The number of nitrogens with one attached hydrogen (secondary N) is 2. The number of ether oxygens (including phenoxy) is 1. The average molecular weight is 354 g/mol. The number of carbonyl (C=O) groups is 2. The van der Waals surface area contributed by atoms with Gasteiger partial charge < -0.3 is 15.4 Å². The summed E-state index contributed by atoms with van der Waals surface area (Å²) in [6.07, 6.45) is 0.774. The highest BCUT2D eigenvalue weighted by Crippen LogP contribution is 2.17. The molecule has 0 aliphatic carbocycles. The molecule has 5 heteroatoms. The van der Waals surface area contributed by atoms with Crippen LogP contribution in [0.1, 0.15) is 37.6 Å². The Kier molecular flexibility index (Phi) is 7.21. The van der Waals surface area contributed by atoms with Crippen molar-refractivity contribution in [3.8, 4) is 5.75 Å². The van der Waals surface area contributed by atoms with Crippen LogP contribution in [0.2, 0.25) is 0 Å². The van der Waals surface area contributed by atoms with E-state index in [1.165, 1.54) is 0 Å². The van der Waals surface area contributed by atoms with Crippen molar-refractivity contribution in [3.63, 3.8) is 0 Å². The minimum Gasteiger partial charge on any atom is -0.494 e. The number of rotatable bonds is 8. The van der Waals surface area contributed by atoms with E-state index in [1.807, 2.05) is 26.8 Å². The summed E-state index contributed by atoms with van der Waals surface area (Å²) in [5.74, 6) is 0.275. The third-order valence-corrected chi connectivity index (χ3v) is 4.25. The summed E-state index contributed by atoms with van der Waals surface area (Å²) in [5, 5.41) is 5.73. The van der Waals surface area contributed by atoms with Crippen molar-refractivity contribution in [2.75, 3.05) is 11.9 Å². The first kappa shape index (κ1) is 19.5. The Morgan fingerprint density at radius 1 is 1.00 bits per heavy atom. The summed E-state index contributed by atoms with van der Waals surface area (Å²) < 4.78 is 5.40. The molecule has 0 aliphatic heterocycles. The van der Waals surface area contributed by atoms with Crippen molar-refractivity contribution in [2.24, 2.45) is 5.92 Å². The number of hydrogen-bond acceptors (Lipinski definition) is 3. The summed E-state index contributed by atoms with van der Waals surface area (Å²) in [6, 6.07) is 15.5. The number of carbonyl (C=O) groups excluding carboxylic acids is 2. The van der Waals surface area contributed by atoms with Crippen LogP contribution in [0, 0.1) is 5.92 Å². The third-order valence-electron chi connectivity index (χ3n) is 4.25. The van der Waals surface area contributed by atoms with Crippen LogP contribution in [0.25, 0.3) is 0 Å². The third kappa shape index (κ3) is 5.34. The van der Waals surface area contributed by atoms with E-state index >= 15 is 0 Å². The Bertz CT molecular complexity index is 714. The van der Waals surface area contributed by atoms with Crippen molar-refractivity contribution in [2.45, 2.75) is 33.2 Å². The zero-order valence-corrected chi connectivity index (χ0v) is 15.5. The van der Waals surface area contributed by atoms with Gasteiger partial charge in [-0.2, -0.15) is 0 Å². The molecule has 0 aliphatic rings. The van der Waals surface area contributed by atoms with E-state index in [2.05, 4.69) is 10.6 Å². The van der Waals surface area contributed by atoms with Gasteiger partial charge in [0.15, 0.2) is 0 Å². The second-order valence-corrected chi connectivity index (χ2v) is 6.15. The SMILES string of the molecule is CCOc1ccc(NC(=O)[C@H](NC(=O)c2ccccc2)[C@H](C)CC)cc1. The van der Waals surface area contributed by atoms with Gasteiger partial charge in [0.05, 0.1) is 6.61 Å². The molecule has 0 saturated carbocycles. The lowest BCUT2D eigenvalue weighted by atomic mass is 9.97. The first-order chi connectivity index (χ1) is 12.5. The van der Waals surface area contributed by atoms with E-state index in [1.54, 1.807) is 48.5 Å². The molecular weight excluding hydrogens is 328 g/mol. The van der Waals surface area contributed by atoms with Crippen LogP contribution in [0.4, 0.5) is 5.69 Å². The summed E-state index contributed by atoms with van der Waals surface area (Å²) in [4.78, 5) is 25.2. The molecule has 0 bridgehead atoms. The van der Waals surface area contributed by atoms with Crippen LogP contribution in [0.15, 0.2) is 54.6 Å². The van der Waals surface area contributed by atoms with Crippen molar-refractivity contribution < 1.29 is 14.3 Å². The van der Waals surface area contributed by atoms with E-state index in [4.69, 9.17) is 4.74 Å². The number of anilines is 1. The van der Waals surface area contributed by atoms with Crippen LogP contribution in [0.5, 0.6) is 5.75 Å². The molecule has 2 aromatic rings. The summed E-state index contributed by atoms with van der Waals surface area (Å²) in [6.45, 7) is 6.46. The topological polar surface area (TPSA) is 67.4 Å². The second-order valence-electron chi connectivity index (χ2n) is 6.15. The Hall–Kier alpha value is -2.82. The molecule has 0 unspecified atom stereocenters. The lowest BCUT2D eigenvalue weighted by Crippen LogP contribution is -2.47. The van der Waals surface area contributed by atoms with Gasteiger partial charge >= 0.3 is 0 Å². The molecule has 0 spiro atoms. The molecule has 2 rings (SSSR count). The highest BCUT2D eigenvalue weighted by molar-refractivity contribution is 6.01. The molecule has 0 radical (unpaired) electrons. The van der Waals surface area contributed by atoms with Gasteiger partial charge in [0.2, 0.25) is 5.91 Å². The summed E-state index contributed by atoms with van der Waals surface area (Å²) in [5.41, 5.74) is 1.20. The smallest absolute Gasteiger partial charge is 0.251 e. The van der Waals surface area contributed by atoms with Gasteiger partial charge in [-0.15, -0.1) is 0 Å². The molecule has 2 atom stereocenters. The van der Waals surface area contributed by atoms with Gasteiger partial charge in [-0.05, 0) is 49.2 Å². The van der Waals surface area contributed by atoms with Gasteiger partial charge in [-0.25, -0.2) is 0 Å². The Morgan fingerprint density at radius 3 is 2.23 bits per heavy atom. The molecule has 0 aromatic heterocycles. The maximum Gasteiger partial charge on any atom is 0.251 e. The van der Waals surface area contributed by atoms with Gasteiger partial charge in [0.1, 0.15) is 11.8 Å². The maximum absolute atomic E-state index is 12.7. The van der Waals surface area contributed by atoms with Gasteiger partial charge in [0, 0.05) is 11.3 Å². The standard InChI is InChI=1S/C21H26N2O3/c1-4-15(3)19(23-20(24)16-9-7-6-8-10-16)21(25)22-17-11-13-18(14-12-17)26-5-2/h6-15,19H,4-5H2,1-3H3,(H,22,25)(H,23,24)/t15-,19-/m1/s1. The van der Waals surface area contributed by atoms with Gasteiger partial charge in [-0.1, -0.05) is 38.5 Å². The predicted molar refractivity (Wildman–Crippen MR) is 103 cm³/mol. The lowest BCUT2D eigenvalue weighted by molar-refractivity contribution is -0.119. The normalized spacial score (nSPS) is 12.7. The van der Waals surface area contributed by atoms with Gasteiger partial charge in [0.25, 0.3) is 5.91 Å². The molecule has 0 fully saturated rings. The zero-order valence-electron chi connectivity index (χ0n) is 15.5. The zero-order chi connectivity index (χ0) is 18.9. The predicted octanol–water partition coefficient (Wildman–Crippen LogP) is 3.87. The van der Waals surface area contributed by atoms with Crippen LogP contribution >= 0.6 is 0 Å². The molecule has 0 saturated heterocycles. The van der Waals surface area contributed by atoms with E-state index in [-0.39, 0.29) is 17.7 Å². The second kappa shape index (κ2) is 9.61. The Labute approximate surface area is 154 Å². The van der Waals surface area contributed by atoms with E-state index in [0.29, 0.717) is 17.9 Å². The molecular formula is C21H26N2O3. The Balaban J connectivity index is 2.07. The quantitative estimate of drug-likeness (QED) is 0.756. The maximum atomic E-state index is 12.7. The summed E-state index contributed by atoms with van der Waals surface area (Å²) >= 11 is 0. The van der Waals surface area contributed by atoms with Crippen LogP contribution < -0.4 is 15.4 Å². The van der Waals surface area contributed by atoms with Crippen molar-refractivity contribution in [3.05, 3.63) is 60.2 Å². The minimum absolute atomic E-state index is 0.00496. The Morgan fingerprint density at radius 2 is 1.65 bits per heavy atom. The van der Waals surface area contributed by atoms with Crippen LogP contribution in [0.3, 0.4) is 0 Å². The van der Waals surface area contributed by atoms with Crippen molar-refractivity contribution >= 4 is 17.5 Å². The lowest BCUT2D eigenvalue weighted by Gasteiger charge is -2.23. The van der Waals surface area contributed by atoms with Gasteiger partial charge in [-0.3, -0.25) is 9.59 Å². The largest absolute Gasteiger partial charge is 0.494 e. The number of amides is 2. The fourth-order valence-corrected chi connectivity index (χ4v) is 2.54. The van der Waals surface area contributed by atoms with Crippen molar-refractivity contribution in [1.82, 2.24) is 5.32 Å². The highest BCUT2D eigenvalue weighted by Gasteiger charge is 2.26. The average Bonchev–Trinajstić information content (AvgIpc) is 2.67. The van der Waals surface area contributed by atoms with E-state index < -0.39 is 6.04 Å². The molecule has 26 heavy (non-hydrogen) atoms. The molecule has 5 nitrogen and oxygen atoms in total. The molecule has 138 valence electrons. The monoisotopic (exact) mass is 354 g/mol. The highest BCUT2D eigenvalue weighted by atomic mass is 16.5. The number of benzene rings is 2. The molecule has 2 aromatic carbocycles. The fourth-order valence-electron chi connectivity index (χ4n) is 2.54. The minimum atomic E-state index is -0.612. The molecule has 2 amide bonds. The molecule has 0 heterocycles.